The van der Waals surface area contributed by atoms with Crippen molar-refractivity contribution in [1.82, 2.24) is 9.71 Å². The van der Waals surface area contributed by atoms with Crippen molar-refractivity contribution in [3.8, 4) is 0 Å². The highest BCUT2D eigenvalue weighted by atomic mass is 32.2. The molecular formula is C13H21N3O2S. The molecule has 0 spiro atoms. The Morgan fingerprint density at radius 2 is 2.11 bits per heavy atom. The molecule has 0 saturated heterocycles. The fourth-order valence-electron chi connectivity index (χ4n) is 2.24. The smallest absolute Gasteiger partial charge is 0.242 e. The second-order valence-electron chi connectivity index (χ2n) is 5.20. The van der Waals surface area contributed by atoms with Gasteiger partial charge >= 0.3 is 0 Å². The minimum Gasteiger partial charge on any atom is -0.373 e. The van der Waals surface area contributed by atoms with Crippen LogP contribution in [0, 0.1) is 5.41 Å². The number of sulfonamides is 1. The van der Waals surface area contributed by atoms with Gasteiger partial charge in [0.2, 0.25) is 10.0 Å². The highest BCUT2D eigenvalue weighted by molar-refractivity contribution is 7.89. The van der Waals surface area contributed by atoms with Gasteiger partial charge in [0.1, 0.15) is 10.7 Å². The number of aromatic nitrogens is 1. The van der Waals surface area contributed by atoms with Gasteiger partial charge in [0.25, 0.3) is 0 Å². The zero-order chi connectivity index (χ0) is 13.9. The molecule has 0 aliphatic heterocycles. The van der Waals surface area contributed by atoms with Crippen LogP contribution in [0.4, 0.5) is 5.82 Å². The average Bonchev–Trinajstić information content (AvgIpc) is 3.18. The van der Waals surface area contributed by atoms with E-state index in [4.69, 9.17) is 0 Å². The number of rotatable bonds is 7. The van der Waals surface area contributed by atoms with Crippen molar-refractivity contribution < 1.29 is 8.42 Å². The van der Waals surface area contributed by atoms with E-state index in [1.54, 1.807) is 19.2 Å². The zero-order valence-electron chi connectivity index (χ0n) is 11.4. The summed E-state index contributed by atoms with van der Waals surface area (Å²) >= 11 is 0. The van der Waals surface area contributed by atoms with Crippen molar-refractivity contribution in [1.29, 1.82) is 0 Å². The summed E-state index contributed by atoms with van der Waals surface area (Å²) in [6.07, 6.45) is 5.82. The Morgan fingerprint density at radius 3 is 2.58 bits per heavy atom. The Balaban J connectivity index is 2.01. The van der Waals surface area contributed by atoms with Crippen LogP contribution in [0.1, 0.15) is 32.6 Å². The quantitative estimate of drug-likeness (QED) is 0.802. The van der Waals surface area contributed by atoms with Gasteiger partial charge in [0.15, 0.2) is 0 Å². The van der Waals surface area contributed by atoms with Crippen molar-refractivity contribution in [2.45, 2.75) is 37.5 Å². The molecule has 0 aromatic carbocycles. The molecule has 1 heterocycles. The second kappa shape index (κ2) is 5.46. The summed E-state index contributed by atoms with van der Waals surface area (Å²) in [5, 5.41) is 2.86. The van der Waals surface area contributed by atoms with Gasteiger partial charge in [-0.15, -0.1) is 0 Å². The summed E-state index contributed by atoms with van der Waals surface area (Å²) in [6.45, 7) is 2.67. The fourth-order valence-corrected chi connectivity index (χ4v) is 3.34. The molecule has 1 fully saturated rings. The van der Waals surface area contributed by atoms with Crippen LogP contribution in [0.2, 0.25) is 0 Å². The summed E-state index contributed by atoms with van der Waals surface area (Å²) in [5.41, 5.74) is 0.208. The van der Waals surface area contributed by atoms with Crippen LogP contribution in [0.15, 0.2) is 23.2 Å². The largest absolute Gasteiger partial charge is 0.373 e. The molecule has 0 amide bonds. The molecule has 1 aliphatic carbocycles. The van der Waals surface area contributed by atoms with Crippen LogP contribution in [0.3, 0.4) is 0 Å². The third-order valence-corrected chi connectivity index (χ3v) is 5.06. The Morgan fingerprint density at radius 1 is 1.37 bits per heavy atom. The first kappa shape index (κ1) is 14.3. The summed E-state index contributed by atoms with van der Waals surface area (Å²) in [4.78, 5) is 4.25. The summed E-state index contributed by atoms with van der Waals surface area (Å²) in [7, 11) is -1.69. The monoisotopic (exact) mass is 283 g/mol. The molecule has 0 bridgehead atoms. The van der Waals surface area contributed by atoms with E-state index in [1.807, 2.05) is 0 Å². The summed E-state index contributed by atoms with van der Waals surface area (Å²) in [5.74, 6) is 0.656. The summed E-state index contributed by atoms with van der Waals surface area (Å²) < 4.78 is 27.0. The highest BCUT2D eigenvalue weighted by Crippen LogP contribution is 2.49. The van der Waals surface area contributed by atoms with Gasteiger partial charge in [-0.1, -0.05) is 13.3 Å². The molecule has 1 aromatic rings. The molecule has 5 nitrogen and oxygen atoms in total. The van der Waals surface area contributed by atoms with Gasteiger partial charge in [0, 0.05) is 19.8 Å². The van der Waals surface area contributed by atoms with Gasteiger partial charge in [-0.2, -0.15) is 0 Å². The van der Waals surface area contributed by atoms with Crippen LogP contribution in [0.25, 0.3) is 0 Å². The van der Waals surface area contributed by atoms with E-state index in [0.717, 1.165) is 25.7 Å². The minimum absolute atomic E-state index is 0.208. The van der Waals surface area contributed by atoms with Crippen LogP contribution in [-0.2, 0) is 10.0 Å². The molecule has 106 valence electrons. The average molecular weight is 283 g/mol. The summed E-state index contributed by atoms with van der Waals surface area (Å²) in [6, 6.07) is 3.23. The molecule has 1 aliphatic rings. The zero-order valence-corrected chi connectivity index (χ0v) is 12.3. The SMILES string of the molecule is CCCC1(CNS(=O)(=O)c2ccc(NC)nc2)CC1. The molecule has 1 saturated carbocycles. The van der Waals surface area contributed by atoms with E-state index in [9.17, 15) is 8.42 Å². The molecule has 6 heteroatoms. The first-order valence-corrected chi connectivity index (χ1v) is 8.13. The lowest BCUT2D eigenvalue weighted by Gasteiger charge is -2.15. The maximum Gasteiger partial charge on any atom is 0.242 e. The van der Waals surface area contributed by atoms with Crippen molar-refractivity contribution >= 4 is 15.8 Å². The predicted molar refractivity (Wildman–Crippen MR) is 75.5 cm³/mol. The maximum absolute atomic E-state index is 12.1. The Hall–Kier alpha value is -1.14. The molecular weight excluding hydrogens is 262 g/mol. The van der Waals surface area contributed by atoms with Crippen molar-refractivity contribution in [3.63, 3.8) is 0 Å². The topological polar surface area (TPSA) is 71.1 Å². The molecule has 0 atom stereocenters. The van der Waals surface area contributed by atoms with Crippen LogP contribution >= 0.6 is 0 Å². The molecule has 0 unspecified atom stereocenters. The van der Waals surface area contributed by atoms with E-state index in [-0.39, 0.29) is 10.3 Å². The van der Waals surface area contributed by atoms with Gasteiger partial charge in [-0.25, -0.2) is 18.1 Å². The fraction of sp³-hybridized carbons (Fsp3) is 0.615. The lowest BCUT2D eigenvalue weighted by Crippen LogP contribution is -2.30. The van der Waals surface area contributed by atoms with E-state index < -0.39 is 10.0 Å². The van der Waals surface area contributed by atoms with Gasteiger partial charge in [-0.05, 0) is 36.8 Å². The maximum atomic E-state index is 12.1. The molecule has 2 N–H and O–H groups in total. The van der Waals surface area contributed by atoms with Gasteiger partial charge < -0.3 is 5.32 Å². The highest BCUT2D eigenvalue weighted by Gasteiger charge is 2.42. The van der Waals surface area contributed by atoms with E-state index in [1.165, 1.54) is 6.20 Å². The third kappa shape index (κ3) is 3.45. The van der Waals surface area contributed by atoms with Crippen LogP contribution in [0.5, 0.6) is 0 Å². The Bertz CT molecular complexity index is 521. The minimum atomic E-state index is -3.44. The van der Waals surface area contributed by atoms with Gasteiger partial charge in [0.05, 0.1) is 0 Å². The van der Waals surface area contributed by atoms with Crippen molar-refractivity contribution in [2.75, 3.05) is 18.9 Å². The van der Waals surface area contributed by atoms with Crippen molar-refractivity contribution in [3.05, 3.63) is 18.3 Å². The Kier molecular flexibility index (Phi) is 4.10. The van der Waals surface area contributed by atoms with Crippen LogP contribution < -0.4 is 10.0 Å². The van der Waals surface area contributed by atoms with E-state index >= 15 is 0 Å². The number of nitrogens with one attached hydrogen (secondary N) is 2. The number of nitrogens with zero attached hydrogens (tertiary/aromatic N) is 1. The Labute approximate surface area is 114 Å². The molecule has 0 radical (unpaired) electrons. The first-order chi connectivity index (χ1) is 9.01. The predicted octanol–water partition coefficient (Wildman–Crippen LogP) is 1.98. The lowest BCUT2D eigenvalue weighted by atomic mass is 10.0. The normalized spacial score (nSPS) is 17.2. The van der Waals surface area contributed by atoms with E-state index in [0.29, 0.717) is 12.4 Å². The van der Waals surface area contributed by atoms with Crippen LogP contribution in [-0.4, -0.2) is 27.0 Å². The number of pyridine rings is 1. The second-order valence-corrected chi connectivity index (χ2v) is 6.97. The lowest BCUT2D eigenvalue weighted by molar-refractivity contribution is 0.449. The standard InChI is InChI=1S/C13H21N3O2S/c1-3-6-13(7-8-13)10-16-19(17,18)11-4-5-12(14-2)15-9-11/h4-5,9,16H,3,6-8,10H2,1-2H3,(H,14,15). The number of hydrogen-bond donors (Lipinski definition) is 2. The molecule has 1 aromatic heterocycles. The third-order valence-electron chi connectivity index (χ3n) is 3.68. The first-order valence-electron chi connectivity index (χ1n) is 6.65. The number of hydrogen-bond acceptors (Lipinski definition) is 4. The molecule has 19 heavy (non-hydrogen) atoms. The number of anilines is 1. The molecule has 2 rings (SSSR count). The van der Waals surface area contributed by atoms with Gasteiger partial charge in [-0.3, -0.25) is 0 Å². The van der Waals surface area contributed by atoms with Crippen molar-refractivity contribution in [2.24, 2.45) is 5.41 Å². The van der Waals surface area contributed by atoms with E-state index in [2.05, 4.69) is 21.9 Å².